The third kappa shape index (κ3) is 3.30. The van der Waals surface area contributed by atoms with Crippen molar-refractivity contribution in [2.45, 2.75) is 25.0 Å². The Labute approximate surface area is 173 Å². The number of rotatable bonds is 5. The summed E-state index contributed by atoms with van der Waals surface area (Å²) in [5.41, 5.74) is 3.03. The smallest absolute Gasteiger partial charge is 0.161 e. The van der Waals surface area contributed by atoms with Crippen LogP contribution in [0.15, 0.2) is 54.9 Å². The van der Waals surface area contributed by atoms with E-state index in [-0.39, 0.29) is 5.82 Å². The number of hydrogen-bond acceptors (Lipinski definition) is 5. The summed E-state index contributed by atoms with van der Waals surface area (Å²) in [7, 11) is 1.67. The highest BCUT2D eigenvalue weighted by molar-refractivity contribution is 5.84. The number of nitrogens with zero attached hydrogens (tertiary/aromatic N) is 3. The molecule has 1 fully saturated rings. The lowest BCUT2D eigenvalue weighted by Gasteiger charge is -2.36. The molecule has 4 aromatic rings. The van der Waals surface area contributed by atoms with Gasteiger partial charge in [-0.25, -0.2) is 4.39 Å². The van der Waals surface area contributed by atoms with Crippen molar-refractivity contribution in [3.8, 4) is 5.75 Å². The average molecular weight is 407 g/mol. The molecular formula is C23H22FN3O3. The molecule has 1 aliphatic rings. The van der Waals surface area contributed by atoms with E-state index in [9.17, 15) is 4.39 Å². The van der Waals surface area contributed by atoms with Gasteiger partial charge in [0, 0.05) is 44.6 Å². The molecule has 6 nitrogen and oxygen atoms in total. The lowest BCUT2D eigenvalue weighted by atomic mass is 9.86. The highest BCUT2D eigenvalue weighted by Gasteiger charge is 2.35. The molecule has 0 radical (unpaired) electrons. The number of ether oxygens (including phenoxy) is 3. The van der Waals surface area contributed by atoms with Gasteiger partial charge in [-0.3, -0.25) is 4.40 Å². The minimum atomic E-state index is -0.544. The Hall–Kier alpha value is -3.03. The topological polar surface area (TPSA) is 57.9 Å². The number of pyridine rings is 1. The van der Waals surface area contributed by atoms with Gasteiger partial charge in [0.2, 0.25) is 0 Å². The van der Waals surface area contributed by atoms with E-state index in [1.165, 1.54) is 12.1 Å². The van der Waals surface area contributed by atoms with Crippen LogP contribution in [0.4, 0.5) is 4.39 Å². The van der Waals surface area contributed by atoms with Crippen molar-refractivity contribution in [3.63, 3.8) is 0 Å². The monoisotopic (exact) mass is 407 g/mol. The second-order valence-corrected chi connectivity index (χ2v) is 7.52. The van der Waals surface area contributed by atoms with Crippen LogP contribution in [0.25, 0.3) is 16.6 Å². The summed E-state index contributed by atoms with van der Waals surface area (Å²) in [6.07, 6.45) is 3.06. The van der Waals surface area contributed by atoms with Gasteiger partial charge in [-0.1, -0.05) is 12.1 Å². The maximum atomic E-state index is 14.4. The van der Waals surface area contributed by atoms with Crippen molar-refractivity contribution in [1.29, 1.82) is 0 Å². The lowest BCUT2D eigenvalue weighted by molar-refractivity contribution is -0.0950. The molecule has 2 aromatic heterocycles. The number of benzene rings is 2. The summed E-state index contributed by atoms with van der Waals surface area (Å²) in [4.78, 5) is 0. The van der Waals surface area contributed by atoms with E-state index in [2.05, 4.69) is 10.2 Å². The van der Waals surface area contributed by atoms with Crippen LogP contribution in [0, 0.1) is 5.82 Å². The number of fused-ring (bicyclic) bond motifs is 3. The standard InChI is InChI=1S/C23H22FN3O3/c1-28-23(7-9-29-10-8-23)17-11-18(24)13-19(12-17)30-14-16-3-2-4-21-20(16)5-6-22-26-25-15-27(21)22/h2-6,11-13,15H,7-10,14H2,1H3. The molecule has 1 saturated heterocycles. The van der Waals surface area contributed by atoms with Crippen LogP contribution in [0.3, 0.4) is 0 Å². The van der Waals surface area contributed by atoms with Crippen molar-refractivity contribution < 1.29 is 18.6 Å². The van der Waals surface area contributed by atoms with Gasteiger partial charge in [-0.05, 0) is 41.5 Å². The normalized spacial score (nSPS) is 16.2. The van der Waals surface area contributed by atoms with E-state index >= 15 is 0 Å². The van der Waals surface area contributed by atoms with Gasteiger partial charge in [-0.2, -0.15) is 0 Å². The molecule has 2 aromatic carbocycles. The van der Waals surface area contributed by atoms with Gasteiger partial charge in [0.05, 0.1) is 11.1 Å². The summed E-state index contributed by atoms with van der Waals surface area (Å²) < 4.78 is 33.7. The van der Waals surface area contributed by atoms with E-state index in [4.69, 9.17) is 14.2 Å². The van der Waals surface area contributed by atoms with Crippen LogP contribution in [0.1, 0.15) is 24.0 Å². The molecule has 7 heteroatoms. The Morgan fingerprint density at radius 3 is 2.83 bits per heavy atom. The molecule has 3 heterocycles. The maximum Gasteiger partial charge on any atom is 0.161 e. The second-order valence-electron chi connectivity index (χ2n) is 7.52. The minimum Gasteiger partial charge on any atom is -0.489 e. The number of hydrogen-bond donors (Lipinski definition) is 0. The largest absolute Gasteiger partial charge is 0.489 e. The maximum absolute atomic E-state index is 14.4. The summed E-state index contributed by atoms with van der Waals surface area (Å²) >= 11 is 0. The summed E-state index contributed by atoms with van der Waals surface area (Å²) in [5, 5.41) is 9.10. The first-order valence-electron chi connectivity index (χ1n) is 9.96. The van der Waals surface area contributed by atoms with E-state index in [1.54, 1.807) is 13.4 Å². The van der Waals surface area contributed by atoms with Crippen LogP contribution in [-0.2, 0) is 21.7 Å². The molecule has 0 amide bonds. The third-order valence-electron chi connectivity index (χ3n) is 5.89. The van der Waals surface area contributed by atoms with Gasteiger partial charge in [0.25, 0.3) is 0 Å². The summed E-state index contributed by atoms with van der Waals surface area (Å²) in [6, 6.07) is 14.7. The van der Waals surface area contributed by atoms with E-state index < -0.39 is 5.60 Å². The van der Waals surface area contributed by atoms with Gasteiger partial charge in [0.1, 0.15) is 24.5 Å². The van der Waals surface area contributed by atoms with Crippen molar-refractivity contribution in [1.82, 2.24) is 14.6 Å². The predicted molar refractivity (Wildman–Crippen MR) is 110 cm³/mol. The molecule has 154 valence electrons. The van der Waals surface area contributed by atoms with Crippen LogP contribution in [-0.4, -0.2) is 34.9 Å². The van der Waals surface area contributed by atoms with Crippen molar-refractivity contribution in [2.24, 2.45) is 0 Å². The molecule has 0 aliphatic carbocycles. The van der Waals surface area contributed by atoms with Crippen molar-refractivity contribution in [2.75, 3.05) is 20.3 Å². The van der Waals surface area contributed by atoms with Gasteiger partial charge in [-0.15, -0.1) is 10.2 Å². The van der Waals surface area contributed by atoms with Crippen LogP contribution < -0.4 is 4.74 Å². The van der Waals surface area contributed by atoms with Crippen LogP contribution >= 0.6 is 0 Å². The molecule has 0 spiro atoms. The summed E-state index contributed by atoms with van der Waals surface area (Å²) in [6.45, 7) is 1.50. The molecule has 0 saturated carbocycles. The quantitative estimate of drug-likeness (QED) is 0.495. The fourth-order valence-corrected chi connectivity index (χ4v) is 4.21. The SMILES string of the molecule is COC1(c2cc(F)cc(OCc3cccc4c3ccc3nncn34)c2)CCOCC1. The predicted octanol–water partition coefficient (Wildman–Crippen LogP) is 4.25. The first-order chi connectivity index (χ1) is 14.7. The number of aromatic nitrogens is 3. The number of methoxy groups -OCH3 is 1. The van der Waals surface area contributed by atoms with E-state index in [0.29, 0.717) is 38.4 Å². The summed E-state index contributed by atoms with van der Waals surface area (Å²) in [5.74, 6) is 0.143. The Balaban J connectivity index is 1.45. The number of halogens is 1. The van der Waals surface area contributed by atoms with E-state index in [0.717, 1.165) is 27.7 Å². The van der Waals surface area contributed by atoms with Gasteiger partial charge >= 0.3 is 0 Å². The molecule has 0 N–H and O–H groups in total. The molecular weight excluding hydrogens is 385 g/mol. The fraction of sp³-hybridized carbons (Fsp3) is 0.304. The Bertz CT molecular complexity index is 1200. The molecule has 5 rings (SSSR count). The zero-order valence-corrected chi connectivity index (χ0v) is 16.7. The third-order valence-corrected chi connectivity index (χ3v) is 5.89. The minimum absolute atomic E-state index is 0.316. The van der Waals surface area contributed by atoms with Crippen LogP contribution in [0.5, 0.6) is 5.75 Å². The highest BCUT2D eigenvalue weighted by atomic mass is 19.1. The fourth-order valence-electron chi connectivity index (χ4n) is 4.21. The van der Waals surface area contributed by atoms with Crippen molar-refractivity contribution in [3.05, 3.63) is 71.8 Å². The van der Waals surface area contributed by atoms with E-state index in [1.807, 2.05) is 40.8 Å². The second kappa shape index (κ2) is 7.66. The Morgan fingerprint density at radius 1 is 1.13 bits per heavy atom. The zero-order chi connectivity index (χ0) is 20.6. The Kier molecular flexibility index (Phi) is 4.84. The first kappa shape index (κ1) is 19.0. The first-order valence-corrected chi connectivity index (χ1v) is 9.96. The molecule has 0 atom stereocenters. The average Bonchev–Trinajstić information content (AvgIpc) is 3.27. The molecule has 1 aliphatic heterocycles. The highest BCUT2D eigenvalue weighted by Crippen LogP contribution is 2.37. The van der Waals surface area contributed by atoms with Gasteiger partial charge < -0.3 is 14.2 Å². The molecule has 0 bridgehead atoms. The zero-order valence-electron chi connectivity index (χ0n) is 16.7. The Morgan fingerprint density at radius 2 is 2.00 bits per heavy atom. The molecule has 30 heavy (non-hydrogen) atoms. The lowest BCUT2D eigenvalue weighted by Crippen LogP contribution is -2.35. The molecule has 0 unspecified atom stereocenters. The van der Waals surface area contributed by atoms with Crippen LogP contribution in [0.2, 0.25) is 0 Å². The van der Waals surface area contributed by atoms with Gasteiger partial charge in [0.15, 0.2) is 5.65 Å². The van der Waals surface area contributed by atoms with Crippen molar-refractivity contribution >= 4 is 16.6 Å².